The van der Waals surface area contributed by atoms with Gasteiger partial charge in [0.25, 0.3) is 5.88 Å². The Morgan fingerprint density at radius 1 is 1.22 bits per heavy atom. The fourth-order valence-electron chi connectivity index (χ4n) is 2.06. The number of carbonyl (C=O) groups is 1. The van der Waals surface area contributed by atoms with E-state index in [0.29, 0.717) is 5.69 Å². The van der Waals surface area contributed by atoms with Gasteiger partial charge in [-0.05, 0) is 37.6 Å². The Bertz CT molecular complexity index is 914. The number of ether oxygens (including phenoxy) is 3. The predicted octanol–water partition coefficient (Wildman–Crippen LogP) is 3.23. The van der Waals surface area contributed by atoms with E-state index in [1.165, 1.54) is 30.7 Å². The number of rotatable bonds is 5. The molecule has 0 radical (unpaired) electrons. The van der Waals surface area contributed by atoms with Gasteiger partial charge in [-0.15, -0.1) is 5.10 Å². The first-order chi connectivity index (χ1) is 12.5. The molecule has 0 atom stereocenters. The van der Waals surface area contributed by atoms with E-state index in [0.717, 1.165) is 19.2 Å². The standard InChI is InChI=1S/C16H14F4N2O5/c1-8-6-10(4-5-12(8)27-16(19,20)14(17)18)22-9(2)7-11(23)13(21-22)26-15(24)25-3/h4-7,14H,1-3H3. The molecule has 2 aromatic rings. The second-order valence-corrected chi connectivity index (χ2v) is 5.34. The molecule has 0 aliphatic carbocycles. The summed E-state index contributed by atoms with van der Waals surface area (Å²) in [5.74, 6) is -1.01. The van der Waals surface area contributed by atoms with Crippen LogP contribution < -0.4 is 14.9 Å². The lowest BCUT2D eigenvalue weighted by Gasteiger charge is -2.19. The number of aryl methyl sites for hydroxylation is 2. The minimum Gasteiger partial charge on any atom is -0.437 e. The van der Waals surface area contributed by atoms with Crippen LogP contribution in [-0.2, 0) is 4.74 Å². The highest BCUT2D eigenvalue weighted by Gasteiger charge is 2.44. The fraction of sp³-hybridized carbons (Fsp3) is 0.312. The van der Waals surface area contributed by atoms with E-state index >= 15 is 0 Å². The van der Waals surface area contributed by atoms with Crippen molar-refractivity contribution in [2.24, 2.45) is 0 Å². The van der Waals surface area contributed by atoms with Crippen LogP contribution in [0.4, 0.5) is 22.4 Å². The minimum absolute atomic E-state index is 0.114. The summed E-state index contributed by atoms with van der Waals surface area (Å²) >= 11 is 0. The van der Waals surface area contributed by atoms with Gasteiger partial charge in [0.1, 0.15) is 5.75 Å². The fourth-order valence-corrected chi connectivity index (χ4v) is 2.06. The maximum atomic E-state index is 13.1. The number of carbonyl (C=O) groups excluding carboxylic acids is 1. The number of methoxy groups -OCH3 is 1. The molecule has 0 saturated carbocycles. The topological polar surface area (TPSA) is 79.7 Å². The molecular weight excluding hydrogens is 376 g/mol. The zero-order valence-electron chi connectivity index (χ0n) is 14.3. The van der Waals surface area contributed by atoms with Gasteiger partial charge in [0, 0.05) is 11.8 Å². The van der Waals surface area contributed by atoms with Crippen molar-refractivity contribution in [1.82, 2.24) is 9.78 Å². The van der Waals surface area contributed by atoms with Gasteiger partial charge < -0.3 is 14.2 Å². The Kier molecular flexibility index (Phi) is 5.72. The first-order valence-corrected chi connectivity index (χ1v) is 7.38. The zero-order chi connectivity index (χ0) is 20.4. The van der Waals surface area contributed by atoms with E-state index in [-0.39, 0.29) is 11.3 Å². The third-order valence-corrected chi connectivity index (χ3v) is 3.33. The second-order valence-electron chi connectivity index (χ2n) is 5.34. The summed E-state index contributed by atoms with van der Waals surface area (Å²) in [6, 6.07) is 4.77. The van der Waals surface area contributed by atoms with Crippen LogP contribution in [0.25, 0.3) is 5.69 Å². The molecule has 0 aliphatic heterocycles. The van der Waals surface area contributed by atoms with E-state index in [9.17, 15) is 27.2 Å². The number of hydrogen-bond donors (Lipinski definition) is 0. The molecule has 27 heavy (non-hydrogen) atoms. The number of aromatic nitrogens is 2. The zero-order valence-corrected chi connectivity index (χ0v) is 14.3. The Morgan fingerprint density at radius 2 is 1.89 bits per heavy atom. The lowest BCUT2D eigenvalue weighted by molar-refractivity contribution is -0.253. The summed E-state index contributed by atoms with van der Waals surface area (Å²) in [6.07, 6.45) is -9.78. The van der Waals surface area contributed by atoms with Gasteiger partial charge in [0.2, 0.25) is 5.43 Å². The van der Waals surface area contributed by atoms with E-state index in [1.54, 1.807) is 0 Å². The molecule has 0 unspecified atom stereocenters. The van der Waals surface area contributed by atoms with Crippen LogP contribution in [0.1, 0.15) is 11.3 Å². The third kappa shape index (κ3) is 4.54. The van der Waals surface area contributed by atoms with Gasteiger partial charge in [-0.1, -0.05) is 0 Å². The molecule has 0 fully saturated rings. The van der Waals surface area contributed by atoms with Crippen molar-refractivity contribution in [3.05, 3.63) is 45.7 Å². The monoisotopic (exact) mass is 390 g/mol. The Balaban J connectivity index is 2.41. The summed E-state index contributed by atoms with van der Waals surface area (Å²) in [5, 5.41) is 3.88. The van der Waals surface area contributed by atoms with Crippen molar-refractivity contribution in [2.45, 2.75) is 26.4 Å². The normalized spacial score (nSPS) is 11.4. The predicted molar refractivity (Wildman–Crippen MR) is 83.9 cm³/mol. The van der Waals surface area contributed by atoms with Crippen LogP contribution in [0.3, 0.4) is 0 Å². The molecule has 0 aliphatic rings. The van der Waals surface area contributed by atoms with Gasteiger partial charge in [0.05, 0.1) is 12.8 Å². The molecule has 146 valence electrons. The van der Waals surface area contributed by atoms with Gasteiger partial charge in [-0.3, -0.25) is 4.79 Å². The van der Waals surface area contributed by atoms with Crippen LogP contribution in [0.2, 0.25) is 0 Å². The van der Waals surface area contributed by atoms with E-state index in [1.807, 2.05) is 0 Å². The lowest BCUT2D eigenvalue weighted by Crippen LogP contribution is -2.33. The van der Waals surface area contributed by atoms with Crippen molar-refractivity contribution < 1.29 is 36.6 Å². The van der Waals surface area contributed by atoms with Crippen molar-refractivity contribution in [3.63, 3.8) is 0 Å². The van der Waals surface area contributed by atoms with E-state index < -0.39 is 35.7 Å². The average Bonchev–Trinajstić information content (AvgIpc) is 2.58. The third-order valence-electron chi connectivity index (χ3n) is 3.33. The van der Waals surface area contributed by atoms with Gasteiger partial charge in [-0.25, -0.2) is 9.48 Å². The molecule has 0 N–H and O–H groups in total. The molecule has 1 aromatic heterocycles. The molecular formula is C16H14F4N2O5. The maximum Gasteiger partial charge on any atom is 0.515 e. The number of nitrogens with zero attached hydrogens (tertiary/aromatic N) is 2. The molecule has 0 amide bonds. The smallest absolute Gasteiger partial charge is 0.437 e. The number of alkyl halides is 4. The van der Waals surface area contributed by atoms with Gasteiger partial charge >= 0.3 is 18.7 Å². The highest BCUT2D eigenvalue weighted by Crippen LogP contribution is 2.30. The van der Waals surface area contributed by atoms with E-state index in [4.69, 9.17) is 0 Å². The summed E-state index contributed by atoms with van der Waals surface area (Å²) in [4.78, 5) is 23.0. The average molecular weight is 390 g/mol. The molecule has 0 bridgehead atoms. The first-order valence-electron chi connectivity index (χ1n) is 7.38. The van der Waals surface area contributed by atoms with Crippen molar-refractivity contribution >= 4 is 6.16 Å². The summed E-state index contributed by atoms with van der Waals surface area (Å²) in [6.45, 7) is 2.89. The van der Waals surface area contributed by atoms with E-state index in [2.05, 4.69) is 19.3 Å². The van der Waals surface area contributed by atoms with Crippen molar-refractivity contribution in [3.8, 4) is 17.3 Å². The molecule has 0 spiro atoms. The molecule has 2 rings (SSSR count). The number of hydrogen-bond acceptors (Lipinski definition) is 6. The quantitative estimate of drug-likeness (QED) is 0.576. The molecule has 0 saturated heterocycles. The summed E-state index contributed by atoms with van der Waals surface area (Å²) in [5.41, 5.74) is 0.0567. The highest BCUT2D eigenvalue weighted by atomic mass is 19.3. The number of benzene rings is 1. The van der Waals surface area contributed by atoms with Crippen LogP contribution in [0.15, 0.2) is 29.1 Å². The van der Waals surface area contributed by atoms with Crippen LogP contribution in [-0.4, -0.2) is 35.6 Å². The highest BCUT2D eigenvalue weighted by molar-refractivity contribution is 5.62. The minimum atomic E-state index is -4.64. The Morgan fingerprint density at radius 3 is 2.44 bits per heavy atom. The van der Waals surface area contributed by atoms with Crippen LogP contribution in [0, 0.1) is 13.8 Å². The molecule has 7 nitrogen and oxygen atoms in total. The van der Waals surface area contributed by atoms with Crippen LogP contribution in [0.5, 0.6) is 11.6 Å². The van der Waals surface area contributed by atoms with Gasteiger partial charge in [0.15, 0.2) is 0 Å². The Hall–Kier alpha value is -3.11. The van der Waals surface area contributed by atoms with Crippen molar-refractivity contribution in [1.29, 1.82) is 0 Å². The number of halogens is 4. The largest absolute Gasteiger partial charge is 0.515 e. The maximum absolute atomic E-state index is 13.1. The summed E-state index contributed by atoms with van der Waals surface area (Å²) in [7, 11) is 1.05. The lowest BCUT2D eigenvalue weighted by atomic mass is 10.2. The first kappa shape index (κ1) is 20.2. The van der Waals surface area contributed by atoms with Gasteiger partial charge in [-0.2, -0.15) is 17.6 Å². The van der Waals surface area contributed by atoms with Crippen LogP contribution >= 0.6 is 0 Å². The molecule has 1 heterocycles. The molecule has 11 heteroatoms. The van der Waals surface area contributed by atoms with Crippen molar-refractivity contribution in [2.75, 3.05) is 7.11 Å². The molecule has 1 aromatic carbocycles. The Labute approximate surface area is 150 Å². The SMILES string of the molecule is COC(=O)Oc1nn(-c2ccc(OC(F)(F)C(F)F)c(C)c2)c(C)cc1=O. The second kappa shape index (κ2) is 7.64. The summed E-state index contributed by atoms with van der Waals surface area (Å²) < 4.78 is 64.9.